The average molecular weight is 199 g/mol. The molecule has 0 amide bonds. The van der Waals surface area contributed by atoms with Crippen molar-refractivity contribution in [2.75, 3.05) is 0 Å². The summed E-state index contributed by atoms with van der Waals surface area (Å²) in [5.41, 5.74) is 4.89. The van der Waals surface area contributed by atoms with Crippen molar-refractivity contribution < 1.29 is 27.9 Å². The summed E-state index contributed by atoms with van der Waals surface area (Å²) >= 11 is 0. The summed E-state index contributed by atoms with van der Waals surface area (Å²) in [6.45, 7) is 0. The van der Waals surface area contributed by atoms with Crippen LogP contribution in [0.5, 0.6) is 0 Å². The number of rotatable bonds is 4. The first-order valence-electron chi connectivity index (χ1n) is 3.33. The van der Waals surface area contributed by atoms with Crippen LogP contribution in [-0.4, -0.2) is 29.1 Å². The molecule has 0 bridgehead atoms. The fourth-order valence-corrected chi connectivity index (χ4v) is 0.552. The molecule has 0 rings (SSSR count). The molecule has 0 fully saturated rings. The van der Waals surface area contributed by atoms with Crippen LogP contribution in [0.1, 0.15) is 12.8 Å². The molecule has 0 aliphatic heterocycles. The van der Waals surface area contributed by atoms with E-state index >= 15 is 0 Å². The molecule has 13 heavy (non-hydrogen) atoms. The minimum Gasteiger partial charge on any atom is -0.480 e. The Morgan fingerprint density at radius 3 is 2.15 bits per heavy atom. The third kappa shape index (κ3) is 4.46. The van der Waals surface area contributed by atoms with Gasteiger partial charge in [0.15, 0.2) is 0 Å². The predicted molar refractivity (Wildman–Crippen MR) is 35.9 cm³/mol. The summed E-state index contributed by atoms with van der Waals surface area (Å²) in [6, 6.07) is -1.42. The molecule has 1 atom stereocenters. The molecule has 76 valence electrons. The number of Topliss-reactive ketones (excluding diaryl/α,β-unsaturated/α-hetero) is 1. The van der Waals surface area contributed by atoms with Gasteiger partial charge in [0.2, 0.25) is 5.78 Å². The summed E-state index contributed by atoms with van der Waals surface area (Å²) in [5, 5.41) is 8.18. The van der Waals surface area contributed by atoms with Crippen molar-refractivity contribution in [3.05, 3.63) is 0 Å². The highest BCUT2D eigenvalue weighted by Gasteiger charge is 2.37. The Morgan fingerprint density at radius 2 is 1.85 bits per heavy atom. The molecular weight excluding hydrogens is 191 g/mol. The minimum absolute atomic E-state index is 0.506. The molecule has 0 radical (unpaired) electrons. The number of carboxylic acid groups (broad SMARTS) is 1. The van der Waals surface area contributed by atoms with Crippen molar-refractivity contribution in [1.29, 1.82) is 0 Å². The fourth-order valence-electron chi connectivity index (χ4n) is 0.552. The van der Waals surface area contributed by atoms with Gasteiger partial charge in [-0.1, -0.05) is 0 Å². The summed E-state index contributed by atoms with van der Waals surface area (Å²) in [4.78, 5) is 20.3. The van der Waals surface area contributed by atoms with Gasteiger partial charge in [-0.25, -0.2) is 0 Å². The second-order valence-corrected chi connectivity index (χ2v) is 2.40. The Balaban J connectivity index is 3.91. The van der Waals surface area contributed by atoms with Crippen LogP contribution in [0.2, 0.25) is 0 Å². The van der Waals surface area contributed by atoms with E-state index in [1.165, 1.54) is 0 Å². The van der Waals surface area contributed by atoms with Crippen molar-refractivity contribution in [2.24, 2.45) is 5.73 Å². The van der Waals surface area contributed by atoms with Crippen LogP contribution < -0.4 is 5.73 Å². The average Bonchev–Trinajstić information content (AvgIpc) is 1.97. The number of nitrogens with two attached hydrogens (primary N) is 1. The van der Waals surface area contributed by atoms with Gasteiger partial charge in [-0.2, -0.15) is 13.2 Å². The summed E-state index contributed by atoms with van der Waals surface area (Å²) in [7, 11) is 0. The first-order chi connectivity index (χ1) is 5.75. The molecule has 1 unspecified atom stereocenters. The Kier molecular flexibility index (Phi) is 3.86. The van der Waals surface area contributed by atoms with Gasteiger partial charge in [-0.3, -0.25) is 9.59 Å². The SMILES string of the molecule is NC(CCC(=O)C(F)(F)F)C(=O)O. The largest absolute Gasteiger partial charge is 0.480 e. The molecule has 4 nitrogen and oxygen atoms in total. The molecule has 3 N–H and O–H groups in total. The highest BCUT2D eigenvalue weighted by molar-refractivity contribution is 5.84. The third-order valence-electron chi connectivity index (χ3n) is 1.32. The molecule has 0 aromatic heterocycles. The lowest BCUT2D eigenvalue weighted by Gasteiger charge is -2.07. The number of carboxylic acids is 1. The highest BCUT2D eigenvalue weighted by atomic mass is 19.4. The Labute approximate surface area is 71.5 Å². The number of halogens is 3. The zero-order valence-electron chi connectivity index (χ0n) is 6.47. The first-order valence-corrected chi connectivity index (χ1v) is 3.33. The van der Waals surface area contributed by atoms with Crippen LogP contribution in [0.15, 0.2) is 0 Å². The molecule has 0 spiro atoms. The lowest BCUT2D eigenvalue weighted by molar-refractivity contribution is -0.171. The first kappa shape index (κ1) is 11.9. The molecule has 0 aliphatic carbocycles. The van der Waals surface area contributed by atoms with E-state index in [0.717, 1.165) is 0 Å². The molecule has 0 saturated carbocycles. The number of carbonyl (C=O) groups is 2. The summed E-state index contributed by atoms with van der Waals surface area (Å²) in [6.07, 6.45) is -6.30. The zero-order valence-corrected chi connectivity index (χ0v) is 6.47. The van der Waals surface area contributed by atoms with Crippen LogP contribution in [0.4, 0.5) is 13.2 Å². The van der Waals surface area contributed by atoms with E-state index < -0.39 is 36.8 Å². The lowest BCUT2D eigenvalue weighted by atomic mass is 10.1. The second kappa shape index (κ2) is 4.22. The summed E-state index contributed by atoms with van der Waals surface area (Å²) < 4.78 is 34.7. The van der Waals surface area contributed by atoms with Gasteiger partial charge in [0.25, 0.3) is 0 Å². The number of hydrogen-bond acceptors (Lipinski definition) is 3. The smallest absolute Gasteiger partial charge is 0.449 e. The lowest BCUT2D eigenvalue weighted by Crippen LogP contribution is -2.32. The molecule has 0 saturated heterocycles. The van der Waals surface area contributed by atoms with Crippen molar-refractivity contribution in [3.8, 4) is 0 Å². The van der Waals surface area contributed by atoms with Crippen molar-refractivity contribution in [1.82, 2.24) is 0 Å². The van der Waals surface area contributed by atoms with Crippen LogP contribution in [0, 0.1) is 0 Å². The van der Waals surface area contributed by atoms with Gasteiger partial charge >= 0.3 is 12.1 Å². The van der Waals surface area contributed by atoms with Gasteiger partial charge in [0, 0.05) is 6.42 Å². The van der Waals surface area contributed by atoms with E-state index in [-0.39, 0.29) is 0 Å². The van der Waals surface area contributed by atoms with E-state index in [0.29, 0.717) is 0 Å². The van der Waals surface area contributed by atoms with E-state index in [9.17, 15) is 22.8 Å². The molecule has 0 aromatic rings. The van der Waals surface area contributed by atoms with Crippen LogP contribution in [0.25, 0.3) is 0 Å². The molecule has 0 aliphatic rings. The number of carbonyl (C=O) groups excluding carboxylic acids is 1. The predicted octanol–water partition coefficient (Wildman–Crippen LogP) is 0.310. The van der Waals surface area contributed by atoms with Gasteiger partial charge in [0.05, 0.1) is 0 Å². The highest BCUT2D eigenvalue weighted by Crippen LogP contribution is 2.18. The summed E-state index contributed by atoms with van der Waals surface area (Å²) in [5.74, 6) is -3.38. The maximum atomic E-state index is 11.6. The Hall–Kier alpha value is -1.11. The van der Waals surface area contributed by atoms with Gasteiger partial charge in [0.1, 0.15) is 6.04 Å². The van der Waals surface area contributed by atoms with Crippen molar-refractivity contribution in [2.45, 2.75) is 25.1 Å². The Morgan fingerprint density at radius 1 is 1.38 bits per heavy atom. The number of aliphatic carboxylic acids is 1. The fraction of sp³-hybridized carbons (Fsp3) is 0.667. The van der Waals surface area contributed by atoms with E-state index in [4.69, 9.17) is 10.8 Å². The van der Waals surface area contributed by atoms with Crippen LogP contribution in [-0.2, 0) is 9.59 Å². The van der Waals surface area contributed by atoms with E-state index in [2.05, 4.69) is 0 Å². The Bertz CT molecular complexity index is 214. The number of hydrogen-bond donors (Lipinski definition) is 2. The number of alkyl halides is 3. The maximum Gasteiger partial charge on any atom is 0.449 e. The van der Waals surface area contributed by atoms with Crippen LogP contribution >= 0.6 is 0 Å². The minimum atomic E-state index is -4.90. The second-order valence-electron chi connectivity index (χ2n) is 2.40. The monoisotopic (exact) mass is 199 g/mol. The van der Waals surface area contributed by atoms with Crippen molar-refractivity contribution >= 4 is 11.8 Å². The number of ketones is 1. The van der Waals surface area contributed by atoms with Gasteiger partial charge in [-0.15, -0.1) is 0 Å². The quantitative estimate of drug-likeness (QED) is 0.682. The molecule has 7 heteroatoms. The topological polar surface area (TPSA) is 80.4 Å². The van der Waals surface area contributed by atoms with Crippen LogP contribution in [0.3, 0.4) is 0 Å². The standard InChI is InChI=1S/C6H8F3NO3/c7-6(8,9)4(11)2-1-3(10)5(12)13/h3H,1-2,10H2,(H,12,13). The third-order valence-corrected chi connectivity index (χ3v) is 1.32. The van der Waals surface area contributed by atoms with Gasteiger partial charge < -0.3 is 10.8 Å². The van der Waals surface area contributed by atoms with E-state index in [1.54, 1.807) is 0 Å². The van der Waals surface area contributed by atoms with Crippen molar-refractivity contribution in [3.63, 3.8) is 0 Å². The van der Waals surface area contributed by atoms with E-state index in [1.807, 2.05) is 0 Å². The molecule has 0 heterocycles. The zero-order chi connectivity index (χ0) is 10.6. The molecular formula is C6H8F3NO3. The maximum absolute atomic E-state index is 11.6. The normalized spacial score (nSPS) is 13.8. The molecule has 0 aromatic carbocycles. The van der Waals surface area contributed by atoms with Gasteiger partial charge in [-0.05, 0) is 6.42 Å².